The van der Waals surface area contributed by atoms with Gasteiger partial charge in [-0.2, -0.15) is 0 Å². The van der Waals surface area contributed by atoms with E-state index in [0.717, 1.165) is 58.5 Å². The molecular weight excluding hydrogens is 401 g/mol. The quantitative estimate of drug-likeness (QED) is 0.520. The third-order valence-corrected chi connectivity index (χ3v) is 6.02. The van der Waals surface area contributed by atoms with Crippen LogP contribution in [0.15, 0.2) is 42.7 Å². The molecule has 30 heavy (non-hydrogen) atoms. The zero-order valence-corrected chi connectivity index (χ0v) is 17.2. The molecular formula is C21H20FN7S. The number of fused-ring (bicyclic) bond motifs is 1. The molecule has 1 aliphatic rings. The molecule has 0 aliphatic carbocycles. The fraction of sp³-hybridized carbons (Fsp3) is 0.238. The summed E-state index contributed by atoms with van der Waals surface area (Å²) < 4.78 is 15.3. The Morgan fingerprint density at radius 1 is 1.13 bits per heavy atom. The molecule has 5 heterocycles. The number of hydrogen-bond acceptors (Lipinski definition) is 8. The Labute approximate surface area is 177 Å². The number of hydrogen-bond donors (Lipinski definition) is 2. The van der Waals surface area contributed by atoms with Crippen molar-refractivity contribution in [3.05, 3.63) is 54.1 Å². The van der Waals surface area contributed by atoms with Crippen LogP contribution in [0, 0.1) is 12.7 Å². The summed E-state index contributed by atoms with van der Waals surface area (Å²) in [6.45, 7) is 5.48. The molecule has 1 aliphatic heterocycles. The van der Waals surface area contributed by atoms with Gasteiger partial charge in [0.05, 0.1) is 10.2 Å². The van der Waals surface area contributed by atoms with Crippen LogP contribution in [0.2, 0.25) is 0 Å². The van der Waals surface area contributed by atoms with Crippen molar-refractivity contribution in [3.8, 4) is 10.7 Å². The van der Waals surface area contributed by atoms with Crippen LogP contribution >= 0.6 is 11.3 Å². The van der Waals surface area contributed by atoms with E-state index < -0.39 is 5.82 Å². The Bertz CT molecular complexity index is 1200. The van der Waals surface area contributed by atoms with Gasteiger partial charge < -0.3 is 15.5 Å². The summed E-state index contributed by atoms with van der Waals surface area (Å²) in [6.07, 6.45) is 3.51. The minimum atomic E-state index is -0.418. The zero-order valence-electron chi connectivity index (χ0n) is 16.4. The minimum Gasteiger partial charge on any atom is -0.354 e. The van der Waals surface area contributed by atoms with Crippen LogP contribution < -0.4 is 15.5 Å². The molecule has 1 saturated heterocycles. The number of aryl methyl sites for hydroxylation is 1. The van der Waals surface area contributed by atoms with Crippen LogP contribution in [0.3, 0.4) is 0 Å². The SMILES string of the molecule is Cc1cccnc1-c1nc2cc(Nc3nc(N4CCNCC4)ccc3F)ncc2s1. The largest absolute Gasteiger partial charge is 0.354 e. The fourth-order valence-electron chi connectivity index (χ4n) is 3.42. The first-order chi connectivity index (χ1) is 14.7. The molecule has 0 amide bonds. The van der Waals surface area contributed by atoms with E-state index in [9.17, 15) is 4.39 Å². The lowest BCUT2D eigenvalue weighted by molar-refractivity contribution is 0.582. The molecule has 7 nitrogen and oxygen atoms in total. The molecule has 5 rings (SSSR count). The van der Waals surface area contributed by atoms with Gasteiger partial charge in [-0.3, -0.25) is 4.98 Å². The molecule has 0 bridgehead atoms. The lowest BCUT2D eigenvalue weighted by atomic mass is 10.2. The van der Waals surface area contributed by atoms with Crippen molar-refractivity contribution < 1.29 is 4.39 Å². The maximum atomic E-state index is 14.4. The fourth-order valence-corrected chi connectivity index (χ4v) is 4.40. The molecule has 0 spiro atoms. The molecule has 4 aromatic heterocycles. The molecule has 2 N–H and O–H groups in total. The number of thiazole rings is 1. The van der Waals surface area contributed by atoms with Crippen molar-refractivity contribution >= 4 is 39.0 Å². The summed E-state index contributed by atoms with van der Waals surface area (Å²) in [5.41, 5.74) is 2.72. The molecule has 1 fully saturated rings. The van der Waals surface area contributed by atoms with Crippen molar-refractivity contribution in [2.75, 3.05) is 36.4 Å². The van der Waals surface area contributed by atoms with E-state index in [4.69, 9.17) is 4.98 Å². The van der Waals surface area contributed by atoms with Gasteiger partial charge in [-0.25, -0.2) is 19.3 Å². The maximum Gasteiger partial charge on any atom is 0.170 e. The third-order valence-electron chi connectivity index (χ3n) is 5.01. The number of halogens is 1. The monoisotopic (exact) mass is 421 g/mol. The Balaban J connectivity index is 1.43. The summed E-state index contributed by atoms with van der Waals surface area (Å²) in [7, 11) is 0. The first-order valence-electron chi connectivity index (χ1n) is 9.75. The van der Waals surface area contributed by atoms with Gasteiger partial charge in [0, 0.05) is 44.6 Å². The first kappa shape index (κ1) is 18.8. The summed E-state index contributed by atoms with van der Waals surface area (Å²) in [4.78, 5) is 20.2. The second-order valence-corrected chi connectivity index (χ2v) is 8.12. The van der Waals surface area contributed by atoms with Gasteiger partial charge in [0.15, 0.2) is 11.6 Å². The molecule has 0 radical (unpaired) electrons. The van der Waals surface area contributed by atoms with E-state index in [1.165, 1.54) is 17.4 Å². The number of rotatable bonds is 4. The van der Waals surface area contributed by atoms with Crippen molar-refractivity contribution in [2.45, 2.75) is 6.92 Å². The van der Waals surface area contributed by atoms with Crippen molar-refractivity contribution in [3.63, 3.8) is 0 Å². The minimum absolute atomic E-state index is 0.161. The van der Waals surface area contributed by atoms with E-state index in [1.807, 2.05) is 25.1 Å². The molecule has 0 atom stereocenters. The smallest absolute Gasteiger partial charge is 0.170 e. The normalized spacial score (nSPS) is 14.3. The summed E-state index contributed by atoms with van der Waals surface area (Å²) >= 11 is 1.54. The highest BCUT2D eigenvalue weighted by Gasteiger charge is 2.15. The second kappa shape index (κ2) is 7.92. The van der Waals surface area contributed by atoms with Crippen LogP contribution in [0.1, 0.15) is 5.56 Å². The topological polar surface area (TPSA) is 78.9 Å². The van der Waals surface area contributed by atoms with Gasteiger partial charge in [-0.05, 0) is 30.7 Å². The van der Waals surface area contributed by atoms with Gasteiger partial charge in [-0.15, -0.1) is 11.3 Å². The third kappa shape index (κ3) is 3.69. The van der Waals surface area contributed by atoms with Crippen molar-refractivity contribution in [1.29, 1.82) is 0 Å². The van der Waals surface area contributed by atoms with E-state index >= 15 is 0 Å². The summed E-state index contributed by atoms with van der Waals surface area (Å²) in [5, 5.41) is 7.16. The summed E-state index contributed by atoms with van der Waals surface area (Å²) in [6, 6.07) is 8.89. The highest BCUT2D eigenvalue weighted by Crippen LogP contribution is 2.31. The second-order valence-electron chi connectivity index (χ2n) is 7.09. The Morgan fingerprint density at radius 3 is 2.83 bits per heavy atom. The number of nitrogens with one attached hydrogen (secondary N) is 2. The molecule has 0 aromatic carbocycles. The van der Waals surface area contributed by atoms with Gasteiger partial charge in [0.25, 0.3) is 0 Å². The number of anilines is 3. The van der Waals surface area contributed by atoms with Crippen molar-refractivity contribution in [2.24, 2.45) is 0 Å². The maximum absolute atomic E-state index is 14.4. The number of nitrogens with zero attached hydrogens (tertiary/aromatic N) is 5. The van der Waals surface area contributed by atoms with Crippen LogP contribution in [-0.4, -0.2) is 46.1 Å². The number of pyridine rings is 3. The van der Waals surface area contributed by atoms with Crippen LogP contribution in [0.4, 0.5) is 21.8 Å². The molecule has 9 heteroatoms. The average Bonchev–Trinajstić information content (AvgIpc) is 3.19. The Hall–Kier alpha value is -3.17. The Morgan fingerprint density at radius 2 is 2.00 bits per heavy atom. The van der Waals surface area contributed by atoms with E-state index in [2.05, 4.69) is 30.5 Å². The lowest BCUT2D eigenvalue weighted by Gasteiger charge is -2.28. The van der Waals surface area contributed by atoms with E-state index in [1.54, 1.807) is 18.5 Å². The van der Waals surface area contributed by atoms with Crippen molar-refractivity contribution in [1.82, 2.24) is 25.3 Å². The van der Waals surface area contributed by atoms with Gasteiger partial charge in [0.2, 0.25) is 0 Å². The highest BCUT2D eigenvalue weighted by atomic mass is 32.1. The standard InChI is InChI=1S/C21H20FN7S/c1-13-3-2-6-24-19(13)21-26-15-11-17(25-12-16(15)30-21)27-20-14(22)4-5-18(28-20)29-9-7-23-8-10-29/h2-6,11-12,23H,7-10H2,1H3,(H,25,27,28). The lowest BCUT2D eigenvalue weighted by Crippen LogP contribution is -2.43. The Kier molecular flexibility index (Phi) is 4.97. The van der Waals surface area contributed by atoms with Crippen LogP contribution in [-0.2, 0) is 0 Å². The predicted octanol–water partition coefficient (Wildman–Crippen LogP) is 3.75. The molecule has 0 unspecified atom stereocenters. The van der Waals surface area contributed by atoms with Crippen LogP contribution in [0.5, 0.6) is 0 Å². The molecule has 4 aromatic rings. The van der Waals surface area contributed by atoms with E-state index in [-0.39, 0.29) is 5.82 Å². The number of piperazine rings is 1. The molecule has 152 valence electrons. The first-order valence-corrected chi connectivity index (χ1v) is 10.6. The van der Waals surface area contributed by atoms with Crippen LogP contribution in [0.25, 0.3) is 20.9 Å². The van der Waals surface area contributed by atoms with Gasteiger partial charge in [-0.1, -0.05) is 6.07 Å². The predicted molar refractivity (Wildman–Crippen MR) is 118 cm³/mol. The average molecular weight is 422 g/mol. The number of aromatic nitrogens is 4. The highest BCUT2D eigenvalue weighted by molar-refractivity contribution is 7.21. The van der Waals surface area contributed by atoms with Gasteiger partial charge in [0.1, 0.15) is 22.3 Å². The molecule has 0 saturated carbocycles. The van der Waals surface area contributed by atoms with Gasteiger partial charge >= 0.3 is 0 Å². The zero-order chi connectivity index (χ0) is 20.5. The summed E-state index contributed by atoms with van der Waals surface area (Å²) in [5.74, 6) is 0.997. The van der Waals surface area contributed by atoms with E-state index in [0.29, 0.717) is 5.82 Å².